The Morgan fingerprint density at radius 3 is 0.775 bits per heavy atom. The van der Waals surface area contributed by atoms with Crippen LogP contribution < -0.4 is 0 Å². The molecule has 236 valence electrons. The van der Waals surface area contributed by atoms with Crippen LogP contribution in [0.25, 0.3) is 0 Å². The second-order valence-electron chi connectivity index (χ2n) is 12.6. The number of hydrogen-bond donors (Lipinski definition) is 0. The maximum absolute atomic E-state index is 12.4. The van der Waals surface area contributed by atoms with Gasteiger partial charge in [0.15, 0.2) is 12.2 Å². The molecule has 0 aromatic rings. The summed E-state index contributed by atoms with van der Waals surface area (Å²) in [6.45, 7) is 4.55. The van der Waals surface area contributed by atoms with Crippen molar-refractivity contribution in [3.63, 3.8) is 0 Å². The lowest BCUT2D eigenvalue weighted by molar-refractivity contribution is -0.196. The minimum Gasteiger partial charge on any atom is -0.448 e. The summed E-state index contributed by atoms with van der Waals surface area (Å²) in [7, 11) is 0. The summed E-state index contributed by atoms with van der Waals surface area (Å²) in [6.07, 6.45) is 36.4. The Morgan fingerprint density at radius 1 is 0.350 bits per heavy atom. The van der Waals surface area contributed by atoms with Crippen molar-refractivity contribution in [1.29, 1.82) is 0 Å². The minimum atomic E-state index is -0.683. The van der Waals surface area contributed by atoms with Gasteiger partial charge >= 0.3 is 11.9 Å². The minimum absolute atomic E-state index is 0.329. The van der Waals surface area contributed by atoms with Crippen LogP contribution in [0.15, 0.2) is 0 Å². The standard InChI is InChI=1S/C36H68O4/c1-3-5-7-9-11-13-15-17-19-21-23-25-27-29-31-33-35(37)40-34(36(38)39-33)32-30-28-26-24-22-20-18-16-14-12-10-8-6-4-2/h33-34H,3-32H2,1-2H3. The molecule has 4 nitrogen and oxygen atoms in total. The largest absolute Gasteiger partial charge is 0.448 e. The molecule has 2 unspecified atom stereocenters. The maximum Gasteiger partial charge on any atom is 0.348 e. The summed E-state index contributed by atoms with van der Waals surface area (Å²) >= 11 is 0. The van der Waals surface area contributed by atoms with E-state index in [0.717, 1.165) is 25.7 Å². The van der Waals surface area contributed by atoms with Crippen LogP contribution in [-0.2, 0) is 19.1 Å². The van der Waals surface area contributed by atoms with Crippen molar-refractivity contribution in [2.75, 3.05) is 0 Å². The van der Waals surface area contributed by atoms with E-state index in [9.17, 15) is 9.59 Å². The molecule has 0 amide bonds. The molecule has 0 aromatic heterocycles. The van der Waals surface area contributed by atoms with Crippen molar-refractivity contribution in [3.05, 3.63) is 0 Å². The lowest BCUT2D eigenvalue weighted by Crippen LogP contribution is -2.43. The molecular weight excluding hydrogens is 496 g/mol. The summed E-state index contributed by atoms with van der Waals surface area (Å²) < 4.78 is 11.0. The number of carbonyl (C=O) groups is 2. The molecule has 0 aromatic carbocycles. The summed E-state index contributed by atoms with van der Waals surface area (Å²) in [5, 5.41) is 0. The molecule has 4 heteroatoms. The van der Waals surface area contributed by atoms with E-state index in [1.54, 1.807) is 0 Å². The van der Waals surface area contributed by atoms with Crippen molar-refractivity contribution in [1.82, 2.24) is 0 Å². The molecule has 0 saturated carbocycles. The van der Waals surface area contributed by atoms with Gasteiger partial charge in [-0.25, -0.2) is 9.59 Å². The zero-order valence-corrected chi connectivity index (χ0v) is 27.0. The zero-order chi connectivity index (χ0) is 28.9. The SMILES string of the molecule is CCCCCCCCCCCCCCCCC1OC(=O)C(CCCCCCCCCCCCCCCC)OC1=O. The molecule has 0 radical (unpaired) electrons. The van der Waals surface area contributed by atoms with Gasteiger partial charge in [-0.1, -0.05) is 181 Å². The number of rotatable bonds is 30. The van der Waals surface area contributed by atoms with E-state index >= 15 is 0 Å². The molecule has 1 aliphatic rings. The quantitative estimate of drug-likeness (QED) is 0.0643. The molecule has 0 N–H and O–H groups in total. The molecule has 1 fully saturated rings. The Morgan fingerprint density at radius 2 is 0.550 bits per heavy atom. The Kier molecular flexibility index (Phi) is 25.9. The summed E-state index contributed by atoms with van der Waals surface area (Å²) in [4.78, 5) is 24.7. The number of hydrogen-bond acceptors (Lipinski definition) is 4. The first-order valence-electron chi connectivity index (χ1n) is 18.1. The van der Waals surface area contributed by atoms with E-state index in [0.29, 0.717) is 12.8 Å². The number of ether oxygens (including phenoxy) is 2. The lowest BCUT2D eigenvalue weighted by atomic mass is 10.0. The number of carbonyl (C=O) groups excluding carboxylic acids is 2. The van der Waals surface area contributed by atoms with Gasteiger partial charge < -0.3 is 9.47 Å². The van der Waals surface area contributed by atoms with Gasteiger partial charge in [-0.2, -0.15) is 0 Å². The first-order chi connectivity index (χ1) is 19.7. The highest BCUT2D eigenvalue weighted by Crippen LogP contribution is 2.21. The van der Waals surface area contributed by atoms with Crippen molar-refractivity contribution in [2.24, 2.45) is 0 Å². The molecule has 1 heterocycles. The fraction of sp³-hybridized carbons (Fsp3) is 0.944. The van der Waals surface area contributed by atoms with Crippen LogP contribution in [0.3, 0.4) is 0 Å². The number of esters is 2. The molecule has 0 spiro atoms. The average molecular weight is 565 g/mol. The Labute approximate surface area is 249 Å². The van der Waals surface area contributed by atoms with Crippen LogP contribution in [0.5, 0.6) is 0 Å². The van der Waals surface area contributed by atoms with Gasteiger partial charge in [-0.05, 0) is 25.7 Å². The van der Waals surface area contributed by atoms with E-state index < -0.39 is 12.2 Å². The smallest absolute Gasteiger partial charge is 0.348 e. The highest BCUT2D eigenvalue weighted by Gasteiger charge is 2.37. The first-order valence-corrected chi connectivity index (χ1v) is 18.1. The summed E-state index contributed by atoms with van der Waals surface area (Å²) in [5.41, 5.74) is 0. The highest BCUT2D eigenvalue weighted by molar-refractivity contribution is 5.87. The Bertz CT molecular complexity index is 525. The second kappa shape index (κ2) is 28.1. The van der Waals surface area contributed by atoms with Crippen molar-refractivity contribution >= 4 is 11.9 Å². The number of cyclic esters (lactones) is 2. The maximum atomic E-state index is 12.4. The fourth-order valence-electron chi connectivity index (χ4n) is 5.93. The fourth-order valence-corrected chi connectivity index (χ4v) is 5.93. The normalized spacial score (nSPS) is 17.2. The van der Waals surface area contributed by atoms with Gasteiger partial charge in [0.2, 0.25) is 0 Å². The van der Waals surface area contributed by atoms with Crippen molar-refractivity contribution in [2.45, 2.75) is 219 Å². The third kappa shape index (κ3) is 21.7. The average Bonchev–Trinajstić information content (AvgIpc) is 2.95. The Balaban J connectivity index is 1.89. The Hall–Kier alpha value is -1.06. The van der Waals surface area contributed by atoms with Crippen LogP contribution in [0, 0.1) is 0 Å². The lowest BCUT2D eigenvalue weighted by Gasteiger charge is -2.27. The van der Waals surface area contributed by atoms with Gasteiger partial charge in [0, 0.05) is 0 Å². The molecule has 0 bridgehead atoms. The topological polar surface area (TPSA) is 52.6 Å². The molecule has 2 atom stereocenters. The van der Waals surface area contributed by atoms with Crippen LogP contribution in [0.4, 0.5) is 0 Å². The molecule has 40 heavy (non-hydrogen) atoms. The van der Waals surface area contributed by atoms with Crippen molar-refractivity contribution < 1.29 is 19.1 Å². The zero-order valence-electron chi connectivity index (χ0n) is 27.0. The van der Waals surface area contributed by atoms with Crippen LogP contribution in [0.1, 0.15) is 206 Å². The molecule has 1 rings (SSSR count). The van der Waals surface area contributed by atoms with E-state index in [-0.39, 0.29) is 11.9 Å². The van der Waals surface area contributed by atoms with E-state index in [1.165, 1.54) is 154 Å². The first kappa shape index (κ1) is 37.0. The van der Waals surface area contributed by atoms with Gasteiger partial charge in [0.25, 0.3) is 0 Å². The second-order valence-corrected chi connectivity index (χ2v) is 12.6. The predicted molar refractivity (Wildman–Crippen MR) is 170 cm³/mol. The molecular formula is C36H68O4. The molecule has 0 aliphatic carbocycles. The number of unbranched alkanes of at least 4 members (excludes halogenated alkanes) is 26. The van der Waals surface area contributed by atoms with Crippen LogP contribution in [0.2, 0.25) is 0 Å². The van der Waals surface area contributed by atoms with Gasteiger partial charge in [-0.15, -0.1) is 0 Å². The van der Waals surface area contributed by atoms with E-state index in [1.807, 2.05) is 0 Å². The summed E-state index contributed by atoms with van der Waals surface area (Å²) in [6, 6.07) is 0. The third-order valence-corrected chi connectivity index (χ3v) is 8.68. The van der Waals surface area contributed by atoms with E-state index in [4.69, 9.17) is 9.47 Å². The highest BCUT2D eigenvalue weighted by atomic mass is 16.6. The summed E-state index contributed by atoms with van der Waals surface area (Å²) in [5.74, 6) is -0.658. The van der Waals surface area contributed by atoms with Gasteiger partial charge in [0.1, 0.15) is 0 Å². The van der Waals surface area contributed by atoms with Crippen LogP contribution >= 0.6 is 0 Å². The van der Waals surface area contributed by atoms with Gasteiger partial charge in [0.05, 0.1) is 0 Å². The third-order valence-electron chi connectivity index (χ3n) is 8.68. The molecule has 1 aliphatic heterocycles. The molecule has 1 saturated heterocycles. The van der Waals surface area contributed by atoms with Crippen LogP contribution in [-0.4, -0.2) is 24.1 Å². The monoisotopic (exact) mass is 565 g/mol. The van der Waals surface area contributed by atoms with E-state index in [2.05, 4.69) is 13.8 Å². The predicted octanol–water partition coefficient (Wildman–Crippen LogP) is 11.6. The van der Waals surface area contributed by atoms with Gasteiger partial charge in [-0.3, -0.25) is 0 Å². The van der Waals surface area contributed by atoms with Crippen molar-refractivity contribution in [3.8, 4) is 0 Å².